The number of aromatic amines is 1. The van der Waals surface area contributed by atoms with Crippen molar-refractivity contribution in [1.82, 2.24) is 20.0 Å². The third-order valence-electron chi connectivity index (χ3n) is 5.25. The molecule has 0 atom stereocenters. The van der Waals surface area contributed by atoms with E-state index in [1.165, 1.54) is 13.0 Å². The van der Waals surface area contributed by atoms with E-state index in [0.29, 0.717) is 38.4 Å². The van der Waals surface area contributed by atoms with E-state index in [2.05, 4.69) is 10.2 Å². The zero-order valence-corrected chi connectivity index (χ0v) is 14.7. The van der Waals surface area contributed by atoms with Gasteiger partial charge in [0, 0.05) is 52.0 Å². The number of piperidine rings is 1. The molecular formula is C17H24N4O4. The number of aromatic nitrogens is 2. The monoisotopic (exact) mass is 348 g/mol. The molecule has 0 aliphatic carbocycles. The van der Waals surface area contributed by atoms with Crippen molar-refractivity contribution in [3.63, 3.8) is 0 Å². The first kappa shape index (κ1) is 17.6. The smallest absolute Gasteiger partial charge is 0.271 e. The highest BCUT2D eigenvalue weighted by Crippen LogP contribution is 2.41. The SMILES string of the molecule is COCCN1CC2(CCN(C(=O)c3cc(C(C)=O)n[nH]3)CC2)CC1=O. The molecule has 0 aromatic carbocycles. The van der Waals surface area contributed by atoms with Crippen LogP contribution in [0.3, 0.4) is 0 Å². The molecule has 25 heavy (non-hydrogen) atoms. The fourth-order valence-corrected chi connectivity index (χ4v) is 3.69. The van der Waals surface area contributed by atoms with E-state index in [-0.39, 0.29) is 28.7 Å². The molecule has 0 unspecified atom stereocenters. The van der Waals surface area contributed by atoms with Gasteiger partial charge in [-0.3, -0.25) is 19.5 Å². The topological polar surface area (TPSA) is 95.6 Å². The van der Waals surface area contributed by atoms with E-state index in [9.17, 15) is 14.4 Å². The second-order valence-electron chi connectivity index (χ2n) is 7.00. The number of hydrogen-bond acceptors (Lipinski definition) is 5. The molecule has 3 rings (SSSR count). The predicted octanol–water partition coefficient (Wildman–Crippen LogP) is 0.713. The Labute approximate surface area is 146 Å². The van der Waals surface area contributed by atoms with Gasteiger partial charge < -0.3 is 14.5 Å². The summed E-state index contributed by atoms with van der Waals surface area (Å²) in [6.45, 7) is 4.56. The molecular weight excluding hydrogens is 324 g/mol. The van der Waals surface area contributed by atoms with Gasteiger partial charge in [0.1, 0.15) is 11.4 Å². The van der Waals surface area contributed by atoms with E-state index in [1.807, 2.05) is 4.90 Å². The molecule has 2 amide bonds. The Morgan fingerprint density at radius 3 is 2.68 bits per heavy atom. The van der Waals surface area contributed by atoms with E-state index in [0.717, 1.165) is 19.4 Å². The Hall–Kier alpha value is -2.22. The molecule has 1 aromatic heterocycles. The zero-order chi connectivity index (χ0) is 18.0. The number of likely N-dealkylation sites (tertiary alicyclic amines) is 2. The molecule has 2 saturated heterocycles. The predicted molar refractivity (Wildman–Crippen MR) is 89.2 cm³/mol. The minimum atomic E-state index is -0.173. The second-order valence-corrected chi connectivity index (χ2v) is 7.00. The number of H-pyrrole nitrogens is 1. The summed E-state index contributed by atoms with van der Waals surface area (Å²) in [7, 11) is 1.63. The largest absolute Gasteiger partial charge is 0.383 e. The lowest BCUT2D eigenvalue weighted by atomic mass is 9.77. The molecule has 3 heterocycles. The molecule has 0 radical (unpaired) electrons. The van der Waals surface area contributed by atoms with Crippen LogP contribution >= 0.6 is 0 Å². The summed E-state index contributed by atoms with van der Waals surface area (Å²) in [4.78, 5) is 39.7. The number of Topliss-reactive ketones (excluding diaryl/α,β-unsaturated/α-hetero) is 1. The average molecular weight is 348 g/mol. The summed E-state index contributed by atoms with van der Waals surface area (Å²) in [6, 6.07) is 1.50. The average Bonchev–Trinajstić information content (AvgIpc) is 3.19. The van der Waals surface area contributed by atoms with E-state index < -0.39 is 0 Å². The highest BCUT2D eigenvalue weighted by atomic mass is 16.5. The highest BCUT2D eigenvalue weighted by molar-refractivity contribution is 5.97. The number of carbonyl (C=O) groups excluding carboxylic acids is 3. The molecule has 2 aliphatic heterocycles. The molecule has 0 bridgehead atoms. The lowest BCUT2D eigenvalue weighted by Crippen LogP contribution is -2.44. The molecule has 1 N–H and O–H groups in total. The van der Waals surface area contributed by atoms with E-state index in [4.69, 9.17) is 4.74 Å². The van der Waals surface area contributed by atoms with Gasteiger partial charge in [-0.25, -0.2) is 0 Å². The van der Waals surface area contributed by atoms with Gasteiger partial charge in [0.2, 0.25) is 5.91 Å². The summed E-state index contributed by atoms with van der Waals surface area (Å²) >= 11 is 0. The number of methoxy groups -OCH3 is 1. The van der Waals surface area contributed by atoms with Crippen molar-refractivity contribution in [3.05, 3.63) is 17.5 Å². The van der Waals surface area contributed by atoms with Crippen LogP contribution in [0.1, 0.15) is 47.2 Å². The van der Waals surface area contributed by atoms with Crippen LogP contribution in [0.2, 0.25) is 0 Å². The minimum Gasteiger partial charge on any atom is -0.383 e. The molecule has 0 saturated carbocycles. The summed E-state index contributed by atoms with van der Waals surface area (Å²) < 4.78 is 5.06. The van der Waals surface area contributed by atoms with Crippen molar-refractivity contribution in [2.24, 2.45) is 5.41 Å². The van der Waals surface area contributed by atoms with Crippen molar-refractivity contribution in [1.29, 1.82) is 0 Å². The maximum absolute atomic E-state index is 12.6. The fourth-order valence-electron chi connectivity index (χ4n) is 3.69. The van der Waals surface area contributed by atoms with Crippen LogP contribution in [-0.2, 0) is 9.53 Å². The molecule has 2 aliphatic rings. The third kappa shape index (κ3) is 3.58. The van der Waals surface area contributed by atoms with Crippen molar-refractivity contribution < 1.29 is 19.1 Å². The van der Waals surface area contributed by atoms with Crippen LogP contribution in [0.15, 0.2) is 6.07 Å². The number of hydrogen-bond donors (Lipinski definition) is 1. The van der Waals surface area contributed by atoms with Gasteiger partial charge in [0.25, 0.3) is 5.91 Å². The van der Waals surface area contributed by atoms with Gasteiger partial charge in [-0.15, -0.1) is 0 Å². The first-order valence-corrected chi connectivity index (χ1v) is 8.56. The van der Waals surface area contributed by atoms with Crippen LogP contribution in [0.5, 0.6) is 0 Å². The molecule has 1 aromatic rings. The fraction of sp³-hybridized carbons (Fsp3) is 0.647. The summed E-state index contributed by atoms with van der Waals surface area (Å²) in [6.07, 6.45) is 2.17. The Morgan fingerprint density at radius 1 is 1.36 bits per heavy atom. The van der Waals surface area contributed by atoms with Gasteiger partial charge in [-0.2, -0.15) is 5.10 Å². The minimum absolute atomic E-state index is 0.0276. The molecule has 2 fully saturated rings. The maximum atomic E-state index is 12.6. The summed E-state index contributed by atoms with van der Waals surface area (Å²) in [5.41, 5.74) is 0.581. The van der Waals surface area contributed by atoms with Crippen molar-refractivity contribution in [3.8, 4) is 0 Å². The van der Waals surface area contributed by atoms with Gasteiger partial charge in [0.15, 0.2) is 5.78 Å². The molecule has 8 heteroatoms. The van der Waals surface area contributed by atoms with Crippen molar-refractivity contribution in [2.75, 3.05) is 39.9 Å². The van der Waals surface area contributed by atoms with Gasteiger partial charge in [-0.05, 0) is 18.9 Å². The highest BCUT2D eigenvalue weighted by Gasteiger charge is 2.45. The van der Waals surface area contributed by atoms with Gasteiger partial charge in [0.05, 0.1) is 6.61 Å². The number of rotatable bonds is 5. The van der Waals surface area contributed by atoms with Crippen LogP contribution < -0.4 is 0 Å². The first-order chi connectivity index (χ1) is 11.9. The summed E-state index contributed by atoms with van der Waals surface area (Å²) in [5.74, 6) is -0.138. The maximum Gasteiger partial charge on any atom is 0.271 e. The Balaban J connectivity index is 1.59. The number of nitrogens with zero attached hydrogens (tertiary/aromatic N) is 3. The number of nitrogens with one attached hydrogen (secondary N) is 1. The normalized spacial score (nSPS) is 19.7. The van der Waals surface area contributed by atoms with Crippen LogP contribution in [0.25, 0.3) is 0 Å². The van der Waals surface area contributed by atoms with Gasteiger partial charge >= 0.3 is 0 Å². The Kier molecular flexibility index (Phi) is 4.89. The number of ketones is 1. The third-order valence-corrected chi connectivity index (χ3v) is 5.25. The number of ether oxygens (including phenoxy) is 1. The van der Waals surface area contributed by atoms with Crippen molar-refractivity contribution >= 4 is 17.6 Å². The van der Waals surface area contributed by atoms with Crippen molar-refractivity contribution in [2.45, 2.75) is 26.2 Å². The second kappa shape index (κ2) is 6.95. The Bertz CT molecular complexity index is 676. The lowest BCUT2D eigenvalue weighted by Gasteiger charge is -2.38. The van der Waals surface area contributed by atoms with Crippen LogP contribution in [0, 0.1) is 5.41 Å². The molecule has 136 valence electrons. The lowest BCUT2D eigenvalue weighted by molar-refractivity contribution is -0.128. The molecule has 8 nitrogen and oxygen atoms in total. The number of carbonyl (C=O) groups is 3. The molecule has 1 spiro atoms. The summed E-state index contributed by atoms with van der Waals surface area (Å²) in [5, 5.41) is 6.51. The Morgan fingerprint density at radius 2 is 2.08 bits per heavy atom. The van der Waals surface area contributed by atoms with Crippen LogP contribution in [0.4, 0.5) is 0 Å². The zero-order valence-electron chi connectivity index (χ0n) is 14.7. The quantitative estimate of drug-likeness (QED) is 0.791. The van der Waals surface area contributed by atoms with E-state index >= 15 is 0 Å². The standard InChI is InChI=1S/C17H24N4O4/c1-12(22)13-9-14(19-18-13)16(24)20-5-3-17(4-6-20)10-15(23)21(11-17)7-8-25-2/h9H,3-8,10-11H2,1-2H3,(H,18,19). The van der Waals surface area contributed by atoms with Crippen LogP contribution in [-0.4, -0.2) is 77.5 Å². The van der Waals surface area contributed by atoms with E-state index in [1.54, 1.807) is 12.0 Å². The van der Waals surface area contributed by atoms with Gasteiger partial charge in [-0.1, -0.05) is 0 Å². The number of amides is 2. The first-order valence-electron chi connectivity index (χ1n) is 8.56.